The lowest BCUT2D eigenvalue weighted by Crippen LogP contribution is -2.61. The number of carbonyl (C=O) groups excluding carboxylic acids is 9. The van der Waals surface area contributed by atoms with Crippen molar-refractivity contribution in [2.75, 3.05) is 59.2 Å². The molecule has 378 valence electrons. The molecule has 1 aliphatic rings. The highest BCUT2D eigenvalue weighted by Gasteiger charge is 2.33. The van der Waals surface area contributed by atoms with Crippen LogP contribution in [0.1, 0.15) is 78.6 Å². The highest BCUT2D eigenvalue weighted by Crippen LogP contribution is 2.10. The van der Waals surface area contributed by atoms with Crippen molar-refractivity contribution in [3.05, 3.63) is 34.9 Å². The molecule has 0 aromatic carbocycles. The average molecular weight is 958 g/mol. The molecule has 67 heavy (non-hydrogen) atoms. The van der Waals surface area contributed by atoms with Crippen LogP contribution < -0.4 is 31.9 Å². The molecule has 1 saturated heterocycles. The van der Waals surface area contributed by atoms with Gasteiger partial charge in [0.25, 0.3) is 17.7 Å². The molecule has 5 atom stereocenters. The Kier molecular flexibility index (Phi) is 28.2. The third-order valence-electron chi connectivity index (χ3n) is 9.95. The zero-order chi connectivity index (χ0) is 50.6. The van der Waals surface area contributed by atoms with E-state index >= 15 is 0 Å². The summed E-state index contributed by atoms with van der Waals surface area (Å²) < 4.78 is 0. The minimum Gasteiger partial charge on any atom is -0.396 e. The van der Waals surface area contributed by atoms with Gasteiger partial charge >= 0.3 is 0 Å². The zero-order valence-electron chi connectivity index (χ0n) is 37.9. The first-order valence-corrected chi connectivity index (χ1v) is 21.6. The summed E-state index contributed by atoms with van der Waals surface area (Å²) in [5.74, 6) is -9.06. The number of hydrogen-bond donors (Lipinski definition) is 14. The molecule has 26 nitrogen and oxygen atoms in total. The number of aliphatic hydroxyl groups is 5. The standard InChI is InChI=1S/C41H67N9O17/c1-25(10-16-51)19-34(57)48(65)13-4-7-28-38(61)44-29(8-5-14-49(66)35(58)20-26(2)11-17-52)39(62)45-30(9-6-15-50(67)36(59)21-27(3)12-18-53)40(63)47-32(24-55)41(64)46-31(23-54)37(60)42-22-33(56)43-28/h19-21,28-32,51-55,65-67H,4-18,22-24H2,1-3H3,(H,42,60)(H,43,56)(H,44,61)(H,45,62)(H,46,64)(H,47,63)/b25-19-,26-20-,27-21-/t28-,29-,30-,31-,32-/m0/s1. The lowest BCUT2D eigenvalue weighted by molar-refractivity contribution is -0.160. The van der Waals surface area contributed by atoms with Crippen molar-refractivity contribution in [3.8, 4) is 0 Å². The number of amides is 9. The van der Waals surface area contributed by atoms with Crippen LogP contribution in [0.5, 0.6) is 0 Å². The predicted molar refractivity (Wildman–Crippen MR) is 231 cm³/mol. The van der Waals surface area contributed by atoms with Crippen LogP contribution in [0.15, 0.2) is 34.9 Å². The maximum absolute atomic E-state index is 14.1. The second-order valence-corrected chi connectivity index (χ2v) is 15.7. The molecule has 1 heterocycles. The van der Waals surface area contributed by atoms with Crippen molar-refractivity contribution in [2.45, 2.75) is 109 Å². The fourth-order valence-electron chi connectivity index (χ4n) is 6.09. The van der Waals surface area contributed by atoms with Gasteiger partial charge in [-0.3, -0.25) is 58.8 Å². The minimum atomic E-state index is -1.79. The second kappa shape index (κ2) is 31.9. The molecule has 1 aliphatic heterocycles. The van der Waals surface area contributed by atoms with Gasteiger partial charge in [0, 0.05) is 57.7 Å². The van der Waals surface area contributed by atoms with E-state index in [1.54, 1.807) is 20.8 Å². The molecule has 0 aliphatic carbocycles. The van der Waals surface area contributed by atoms with E-state index in [2.05, 4.69) is 31.9 Å². The van der Waals surface area contributed by atoms with Crippen LogP contribution in [0.2, 0.25) is 0 Å². The number of hydroxylamine groups is 6. The molecule has 0 unspecified atom stereocenters. The van der Waals surface area contributed by atoms with Gasteiger partial charge in [-0.2, -0.15) is 0 Å². The van der Waals surface area contributed by atoms with E-state index in [9.17, 15) is 69.0 Å². The summed E-state index contributed by atoms with van der Waals surface area (Å²) in [6, 6.07) is -8.34. The van der Waals surface area contributed by atoms with Crippen molar-refractivity contribution in [3.63, 3.8) is 0 Å². The summed E-state index contributed by atoms with van der Waals surface area (Å²) in [5.41, 5.74) is 1.34. The highest BCUT2D eigenvalue weighted by molar-refractivity contribution is 5.97. The van der Waals surface area contributed by atoms with Crippen LogP contribution in [0, 0.1) is 0 Å². The van der Waals surface area contributed by atoms with Gasteiger partial charge in [-0.25, -0.2) is 15.2 Å². The highest BCUT2D eigenvalue weighted by atomic mass is 16.5. The first kappa shape index (κ1) is 59.1. The van der Waals surface area contributed by atoms with Crippen molar-refractivity contribution >= 4 is 53.2 Å². The van der Waals surface area contributed by atoms with Gasteiger partial charge in [-0.15, -0.1) is 0 Å². The quantitative estimate of drug-likeness (QED) is 0.0261. The fraction of sp³-hybridized carbons (Fsp3) is 0.634. The third kappa shape index (κ3) is 22.9. The number of nitrogens with one attached hydrogen (secondary N) is 6. The molecule has 0 bridgehead atoms. The Bertz CT molecular complexity index is 1790. The zero-order valence-corrected chi connectivity index (χ0v) is 37.9. The summed E-state index contributed by atoms with van der Waals surface area (Å²) in [6.45, 7) is -0.261. The van der Waals surface area contributed by atoms with Gasteiger partial charge in [0.1, 0.15) is 30.2 Å². The number of hydrogen-bond acceptors (Lipinski definition) is 17. The van der Waals surface area contributed by atoms with Gasteiger partial charge in [-0.1, -0.05) is 16.7 Å². The van der Waals surface area contributed by atoms with Crippen LogP contribution in [0.25, 0.3) is 0 Å². The van der Waals surface area contributed by atoms with E-state index in [4.69, 9.17) is 15.3 Å². The molecule has 1 rings (SSSR count). The summed E-state index contributed by atoms with van der Waals surface area (Å²) in [5, 5.41) is 93.2. The first-order valence-electron chi connectivity index (χ1n) is 21.6. The summed E-state index contributed by atoms with van der Waals surface area (Å²) in [6.07, 6.45) is 2.08. The average Bonchev–Trinajstić information content (AvgIpc) is 3.27. The van der Waals surface area contributed by atoms with Crippen molar-refractivity contribution in [1.29, 1.82) is 0 Å². The molecular weight excluding hydrogens is 890 g/mol. The van der Waals surface area contributed by atoms with Gasteiger partial charge in [0.15, 0.2) is 0 Å². The van der Waals surface area contributed by atoms with E-state index < -0.39 is 116 Å². The van der Waals surface area contributed by atoms with Crippen molar-refractivity contribution in [2.24, 2.45) is 0 Å². The largest absolute Gasteiger partial charge is 0.396 e. The Morgan fingerprint density at radius 3 is 1.07 bits per heavy atom. The Morgan fingerprint density at radius 2 is 0.761 bits per heavy atom. The molecule has 26 heteroatoms. The summed E-state index contributed by atoms with van der Waals surface area (Å²) in [7, 11) is 0. The van der Waals surface area contributed by atoms with E-state index in [1.807, 2.05) is 0 Å². The minimum absolute atomic E-state index is 0.140. The molecule has 0 aromatic heterocycles. The van der Waals surface area contributed by atoms with E-state index in [1.165, 1.54) is 0 Å². The normalized spacial score (nSPS) is 20.8. The molecule has 0 spiro atoms. The Balaban J connectivity index is 3.69. The number of nitrogens with zero attached hydrogens (tertiary/aromatic N) is 3. The third-order valence-corrected chi connectivity index (χ3v) is 9.95. The van der Waals surface area contributed by atoms with Crippen LogP contribution >= 0.6 is 0 Å². The van der Waals surface area contributed by atoms with Gasteiger partial charge < -0.3 is 57.4 Å². The fourth-order valence-corrected chi connectivity index (χ4v) is 6.09. The molecule has 0 saturated carbocycles. The predicted octanol–water partition coefficient (Wildman–Crippen LogP) is -4.50. The molecule has 9 amide bonds. The van der Waals surface area contributed by atoms with Gasteiger partial charge in [0.2, 0.25) is 35.4 Å². The lowest BCUT2D eigenvalue weighted by atomic mass is 10.0. The first-order chi connectivity index (χ1) is 31.7. The topological polar surface area (TPSA) is 397 Å². The van der Waals surface area contributed by atoms with Crippen molar-refractivity contribution < 1.29 is 84.3 Å². The SMILES string of the molecule is C/C(=C/C(=O)N(O)CCC[C@@H]1NC(=O)CNC(=O)[C@H](CO)NC(=O)[C@H](CO)NC(=O)[C@H](CCCN(O)C(=O)/C=C(/C)CCO)NC(=O)[C@H](CCCN(O)C(=O)/C=C(/C)CCO)NC1=O)CCO. The van der Waals surface area contributed by atoms with Crippen molar-refractivity contribution in [1.82, 2.24) is 47.1 Å². The van der Waals surface area contributed by atoms with E-state index in [0.717, 1.165) is 18.2 Å². The number of aliphatic hydroxyl groups excluding tert-OH is 5. The number of rotatable bonds is 23. The van der Waals surface area contributed by atoms with Crippen LogP contribution in [-0.4, -0.2) is 199 Å². The summed E-state index contributed by atoms with van der Waals surface area (Å²) >= 11 is 0. The van der Waals surface area contributed by atoms with Crippen LogP contribution in [-0.2, 0) is 43.2 Å². The van der Waals surface area contributed by atoms with E-state index in [0.29, 0.717) is 31.9 Å². The van der Waals surface area contributed by atoms with Gasteiger partial charge in [0.05, 0.1) is 19.8 Å². The summed E-state index contributed by atoms with van der Waals surface area (Å²) in [4.78, 5) is 119. The smallest absolute Gasteiger partial charge is 0.269 e. The Morgan fingerprint density at radius 1 is 0.478 bits per heavy atom. The molecule has 1 fully saturated rings. The maximum atomic E-state index is 14.1. The second-order valence-electron chi connectivity index (χ2n) is 15.7. The van der Waals surface area contributed by atoms with E-state index in [-0.39, 0.29) is 84.2 Å². The number of carbonyl (C=O) groups is 9. The molecular formula is C41H67N9O17. The molecule has 14 N–H and O–H groups in total. The molecule has 0 aromatic rings. The van der Waals surface area contributed by atoms with Crippen LogP contribution in [0.4, 0.5) is 0 Å². The maximum Gasteiger partial charge on any atom is 0.269 e. The monoisotopic (exact) mass is 957 g/mol. The lowest BCUT2D eigenvalue weighted by Gasteiger charge is -2.28. The van der Waals surface area contributed by atoms with Gasteiger partial charge in [-0.05, 0) is 78.6 Å². The Labute approximate surface area is 387 Å². The molecule has 0 radical (unpaired) electrons. The Hall–Kier alpha value is -5.87. The van der Waals surface area contributed by atoms with Crippen LogP contribution in [0.3, 0.4) is 0 Å².